The molecule has 2 aromatic carbocycles. The topological polar surface area (TPSA) is 89.5 Å². The predicted molar refractivity (Wildman–Crippen MR) is 120 cm³/mol. The van der Waals surface area contributed by atoms with Crippen LogP contribution in [-0.4, -0.2) is 57.8 Å². The molecule has 2 unspecified atom stereocenters. The van der Waals surface area contributed by atoms with Gasteiger partial charge in [-0.1, -0.05) is 60.7 Å². The van der Waals surface area contributed by atoms with Crippen LogP contribution < -0.4 is 0 Å². The van der Waals surface area contributed by atoms with Crippen LogP contribution in [0.5, 0.6) is 0 Å². The van der Waals surface area contributed by atoms with E-state index in [0.29, 0.717) is 13.2 Å². The molecule has 0 radical (unpaired) electrons. The van der Waals surface area contributed by atoms with Crippen molar-refractivity contribution < 1.29 is 36.3 Å². The summed E-state index contributed by atoms with van der Waals surface area (Å²) in [6.07, 6.45) is -1.00. The Labute approximate surface area is 194 Å². The van der Waals surface area contributed by atoms with Crippen LogP contribution in [0.2, 0.25) is 0 Å². The molecule has 2 aromatic rings. The van der Waals surface area contributed by atoms with Crippen molar-refractivity contribution in [2.75, 3.05) is 19.5 Å². The molecule has 8 nitrogen and oxygen atoms in total. The van der Waals surface area contributed by atoms with Gasteiger partial charge in [0.25, 0.3) is 10.1 Å². The minimum Gasteiger partial charge on any atom is -0.371 e. The van der Waals surface area contributed by atoms with Crippen LogP contribution >= 0.6 is 0 Å². The molecule has 180 valence electrons. The highest BCUT2D eigenvalue weighted by atomic mass is 32.2. The zero-order chi connectivity index (χ0) is 23.5. The maximum atomic E-state index is 11.6. The Kier molecular flexibility index (Phi) is 7.20. The largest absolute Gasteiger partial charge is 0.371 e. The summed E-state index contributed by atoms with van der Waals surface area (Å²) < 4.78 is 59.1. The van der Waals surface area contributed by atoms with Crippen molar-refractivity contribution in [1.82, 2.24) is 0 Å². The molecular weight excluding hydrogens is 448 g/mol. The SMILES string of the molecule is CC1(C)OC2C(OCc3ccccc3)[C@H](COS(C)(=O)=O)O[C@@]2(COCc2ccccc2)O1. The molecule has 33 heavy (non-hydrogen) atoms. The lowest BCUT2D eigenvalue weighted by atomic mass is 10.1. The molecule has 0 N–H and O–H groups in total. The van der Waals surface area contributed by atoms with E-state index in [4.69, 9.17) is 27.9 Å². The van der Waals surface area contributed by atoms with Crippen molar-refractivity contribution in [3.05, 3.63) is 71.8 Å². The average Bonchev–Trinajstić information content (AvgIpc) is 3.18. The van der Waals surface area contributed by atoms with Crippen molar-refractivity contribution in [3.8, 4) is 0 Å². The second-order valence-corrected chi connectivity index (χ2v) is 10.4. The molecule has 0 amide bonds. The van der Waals surface area contributed by atoms with Gasteiger partial charge in [-0.05, 0) is 25.0 Å². The monoisotopic (exact) mass is 478 g/mol. The van der Waals surface area contributed by atoms with Gasteiger partial charge in [-0.2, -0.15) is 8.42 Å². The van der Waals surface area contributed by atoms with E-state index in [-0.39, 0.29) is 13.2 Å². The molecule has 0 bridgehead atoms. The second-order valence-electron chi connectivity index (χ2n) is 8.74. The highest BCUT2D eigenvalue weighted by Gasteiger charge is 2.65. The van der Waals surface area contributed by atoms with Gasteiger partial charge in [0, 0.05) is 0 Å². The fraction of sp³-hybridized carbons (Fsp3) is 0.500. The molecule has 4 rings (SSSR count). The second kappa shape index (κ2) is 9.79. The maximum Gasteiger partial charge on any atom is 0.264 e. The van der Waals surface area contributed by atoms with Gasteiger partial charge in [0.15, 0.2) is 5.79 Å². The van der Waals surface area contributed by atoms with Crippen LogP contribution in [0.3, 0.4) is 0 Å². The quantitative estimate of drug-likeness (QED) is 0.482. The maximum absolute atomic E-state index is 11.6. The Morgan fingerprint density at radius 3 is 2.12 bits per heavy atom. The van der Waals surface area contributed by atoms with E-state index < -0.39 is 40.0 Å². The van der Waals surface area contributed by atoms with Crippen molar-refractivity contribution in [2.45, 2.75) is 56.9 Å². The molecule has 2 aliphatic rings. The minimum atomic E-state index is -3.67. The number of benzene rings is 2. The van der Waals surface area contributed by atoms with Gasteiger partial charge in [-0.25, -0.2) is 0 Å². The molecule has 0 saturated carbocycles. The summed E-state index contributed by atoms with van der Waals surface area (Å²) in [7, 11) is -3.67. The fourth-order valence-electron chi connectivity index (χ4n) is 4.13. The highest BCUT2D eigenvalue weighted by Crippen LogP contribution is 2.47. The Morgan fingerprint density at radius 1 is 0.909 bits per heavy atom. The van der Waals surface area contributed by atoms with E-state index >= 15 is 0 Å². The lowest BCUT2D eigenvalue weighted by Crippen LogP contribution is -2.45. The number of rotatable bonds is 10. The van der Waals surface area contributed by atoms with Crippen LogP contribution in [0.4, 0.5) is 0 Å². The van der Waals surface area contributed by atoms with Crippen LogP contribution in [0.25, 0.3) is 0 Å². The van der Waals surface area contributed by atoms with Crippen LogP contribution in [-0.2, 0) is 51.2 Å². The first-order valence-corrected chi connectivity index (χ1v) is 12.6. The van der Waals surface area contributed by atoms with Crippen molar-refractivity contribution in [2.24, 2.45) is 0 Å². The Hall–Kier alpha value is -1.85. The lowest BCUT2D eigenvalue weighted by molar-refractivity contribution is -0.281. The molecule has 9 heteroatoms. The van der Waals surface area contributed by atoms with Crippen molar-refractivity contribution >= 4 is 10.1 Å². The summed E-state index contributed by atoms with van der Waals surface area (Å²) in [5, 5.41) is 0. The predicted octanol–water partition coefficient (Wildman–Crippen LogP) is 3.01. The van der Waals surface area contributed by atoms with Gasteiger partial charge in [-0.15, -0.1) is 0 Å². The Balaban J connectivity index is 1.52. The third kappa shape index (κ3) is 6.19. The summed E-state index contributed by atoms with van der Waals surface area (Å²) in [4.78, 5) is 0. The van der Waals surface area contributed by atoms with Crippen molar-refractivity contribution in [3.63, 3.8) is 0 Å². The number of hydrogen-bond acceptors (Lipinski definition) is 8. The first-order chi connectivity index (χ1) is 15.7. The molecule has 0 aliphatic carbocycles. The van der Waals surface area contributed by atoms with Crippen molar-refractivity contribution in [1.29, 1.82) is 0 Å². The first kappa shape index (κ1) is 24.3. The van der Waals surface area contributed by atoms with E-state index in [1.807, 2.05) is 60.7 Å². The molecule has 2 fully saturated rings. The van der Waals surface area contributed by atoms with Crippen LogP contribution in [0.1, 0.15) is 25.0 Å². The summed E-state index contributed by atoms with van der Waals surface area (Å²) in [6.45, 7) is 4.11. The number of ether oxygens (including phenoxy) is 5. The van der Waals surface area contributed by atoms with E-state index in [9.17, 15) is 8.42 Å². The third-order valence-corrected chi connectivity index (χ3v) is 5.99. The summed E-state index contributed by atoms with van der Waals surface area (Å²) in [5.74, 6) is -2.19. The van der Waals surface area contributed by atoms with Gasteiger partial charge in [0.1, 0.15) is 24.9 Å². The molecule has 0 spiro atoms. The fourth-order valence-corrected chi connectivity index (χ4v) is 4.51. The standard InChI is InChI=1S/C24H30O8S/c1-23(2)31-22-21(28-15-19-12-8-5-9-13-19)20(16-29-33(3,25)26)30-24(22,32-23)17-27-14-18-10-6-4-7-11-18/h4-13,20-22H,14-17H2,1-3H3/t20-,21?,22?,24-/m0/s1. The lowest BCUT2D eigenvalue weighted by Gasteiger charge is -2.28. The molecule has 2 saturated heterocycles. The summed E-state index contributed by atoms with van der Waals surface area (Å²) in [5.41, 5.74) is 1.98. The average molecular weight is 479 g/mol. The first-order valence-electron chi connectivity index (χ1n) is 10.8. The van der Waals surface area contributed by atoms with Gasteiger partial charge < -0.3 is 23.7 Å². The van der Waals surface area contributed by atoms with Crippen LogP contribution in [0, 0.1) is 0 Å². The molecule has 4 atom stereocenters. The van der Waals surface area contributed by atoms with Crippen LogP contribution in [0.15, 0.2) is 60.7 Å². The van der Waals surface area contributed by atoms with E-state index in [1.165, 1.54) is 0 Å². The van der Waals surface area contributed by atoms with E-state index in [0.717, 1.165) is 17.4 Å². The number of hydrogen-bond donors (Lipinski definition) is 0. The summed E-state index contributed by atoms with van der Waals surface area (Å²) >= 11 is 0. The zero-order valence-electron chi connectivity index (χ0n) is 19.0. The summed E-state index contributed by atoms with van der Waals surface area (Å²) in [6, 6.07) is 19.4. The highest BCUT2D eigenvalue weighted by molar-refractivity contribution is 7.85. The molecule has 2 heterocycles. The minimum absolute atomic E-state index is 0.0799. The van der Waals surface area contributed by atoms with Gasteiger partial charge >= 0.3 is 0 Å². The van der Waals surface area contributed by atoms with E-state index in [1.54, 1.807) is 13.8 Å². The van der Waals surface area contributed by atoms with Gasteiger partial charge in [-0.3, -0.25) is 4.18 Å². The third-order valence-electron chi connectivity index (χ3n) is 5.42. The molecule has 2 aliphatic heterocycles. The Bertz CT molecular complexity index is 1010. The number of fused-ring (bicyclic) bond motifs is 1. The Morgan fingerprint density at radius 2 is 1.52 bits per heavy atom. The normalized spacial score (nSPS) is 28.6. The van der Waals surface area contributed by atoms with E-state index in [2.05, 4.69) is 0 Å². The smallest absolute Gasteiger partial charge is 0.264 e. The molecule has 0 aromatic heterocycles. The zero-order valence-corrected chi connectivity index (χ0v) is 19.8. The van der Waals surface area contributed by atoms with Gasteiger partial charge in [0.2, 0.25) is 5.79 Å². The molecular formula is C24H30O8S. The van der Waals surface area contributed by atoms with Gasteiger partial charge in [0.05, 0.1) is 26.1 Å².